The summed E-state index contributed by atoms with van der Waals surface area (Å²) in [4.78, 5) is 2.60. The molecule has 0 unspecified atom stereocenters. The molecule has 0 saturated carbocycles. The first-order valence-electron chi connectivity index (χ1n) is 5.58. The van der Waals surface area contributed by atoms with Gasteiger partial charge >= 0.3 is 0 Å². The molecule has 0 aliphatic carbocycles. The number of benzene rings is 1. The zero-order valence-electron chi connectivity index (χ0n) is 8.67. The highest BCUT2D eigenvalue weighted by atomic mass is 79.9. The van der Waals surface area contributed by atoms with Crippen molar-refractivity contribution in [1.82, 2.24) is 10.2 Å². The number of nitrogens with one attached hydrogen (secondary N) is 1. The maximum atomic E-state index is 3.57. The maximum absolute atomic E-state index is 3.57. The van der Waals surface area contributed by atoms with E-state index in [0.717, 1.165) is 13.1 Å². The lowest BCUT2D eigenvalue weighted by Crippen LogP contribution is -2.48. The van der Waals surface area contributed by atoms with Crippen molar-refractivity contribution in [2.75, 3.05) is 26.2 Å². The molecule has 0 aromatic heterocycles. The van der Waals surface area contributed by atoms with Crippen LogP contribution >= 0.6 is 15.9 Å². The number of hydrogen-bond acceptors (Lipinski definition) is 2. The van der Waals surface area contributed by atoms with Gasteiger partial charge in [0.05, 0.1) is 0 Å². The van der Waals surface area contributed by atoms with Crippen molar-refractivity contribution in [3.63, 3.8) is 0 Å². The number of rotatable bonds is 0. The molecule has 0 bridgehead atoms. The van der Waals surface area contributed by atoms with Crippen molar-refractivity contribution in [2.45, 2.75) is 12.5 Å². The summed E-state index contributed by atoms with van der Waals surface area (Å²) >= 11 is 3.57. The van der Waals surface area contributed by atoms with Gasteiger partial charge in [0.25, 0.3) is 0 Å². The van der Waals surface area contributed by atoms with Crippen LogP contribution < -0.4 is 5.32 Å². The van der Waals surface area contributed by atoms with Crippen LogP contribution in [0.3, 0.4) is 0 Å². The number of piperazine rings is 1. The van der Waals surface area contributed by atoms with Crippen LogP contribution in [-0.2, 0) is 6.42 Å². The Morgan fingerprint density at radius 2 is 2.27 bits per heavy atom. The smallest absolute Gasteiger partial charge is 0.0476 e. The minimum absolute atomic E-state index is 0.597. The van der Waals surface area contributed by atoms with E-state index in [9.17, 15) is 0 Å². The van der Waals surface area contributed by atoms with Crippen molar-refractivity contribution in [3.05, 3.63) is 33.8 Å². The summed E-state index contributed by atoms with van der Waals surface area (Å²) in [5, 5.41) is 3.49. The molecule has 2 heterocycles. The van der Waals surface area contributed by atoms with Crippen LogP contribution in [0.1, 0.15) is 17.2 Å². The molecule has 3 heteroatoms. The molecule has 80 valence electrons. The van der Waals surface area contributed by atoms with Gasteiger partial charge in [0.2, 0.25) is 0 Å². The van der Waals surface area contributed by atoms with Gasteiger partial charge in [0.15, 0.2) is 0 Å². The normalized spacial score (nSPS) is 25.8. The first-order valence-corrected chi connectivity index (χ1v) is 6.37. The fourth-order valence-corrected chi connectivity index (χ4v) is 3.07. The topological polar surface area (TPSA) is 15.3 Å². The van der Waals surface area contributed by atoms with E-state index >= 15 is 0 Å². The lowest BCUT2D eigenvalue weighted by molar-refractivity contribution is 0.152. The number of nitrogens with zero attached hydrogens (tertiary/aromatic N) is 1. The highest BCUT2D eigenvalue weighted by Crippen LogP contribution is 2.32. The van der Waals surface area contributed by atoms with E-state index in [-0.39, 0.29) is 0 Å². The van der Waals surface area contributed by atoms with Crippen LogP contribution in [0.15, 0.2) is 22.7 Å². The van der Waals surface area contributed by atoms with Crippen LogP contribution in [0, 0.1) is 0 Å². The average molecular weight is 267 g/mol. The van der Waals surface area contributed by atoms with E-state index < -0.39 is 0 Å². The van der Waals surface area contributed by atoms with Gasteiger partial charge in [-0.05, 0) is 29.7 Å². The molecule has 1 N–H and O–H groups in total. The van der Waals surface area contributed by atoms with Gasteiger partial charge in [0, 0.05) is 36.7 Å². The Kier molecular flexibility index (Phi) is 2.54. The Hall–Kier alpha value is -0.380. The van der Waals surface area contributed by atoms with Crippen molar-refractivity contribution in [1.29, 1.82) is 0 Å². The standard InChI is InChI=1S/C12H15BrN2/c13-10-2-1-9-3-5-15-6-4-14-8-12(15)11(9)7-10/h1-2,7,12,14H,3-6,8H2/t12-/m0/s1. The third kappa shape index (κ3) is 1.73. The van der Waals surface area contributed by atoms with E-state index in [1.165, 1.54) is 35.1 Å². The van der Waals surface area contributed by atoms with Crippen LogP contribution in [0.25, 0.3) is 0 Å². The SMILES string of the molecule is Brc1ccc2c(c1)[C@@H]1CNCCN1CC2. The molecular formula is C12H15BrN2. The number of fused-ring (bicyclic) bond motifs is 3. The van der Waals surface area contributed by atoms with Gasteiger partial charge < -0.3 is 5.32 Å². The molecule has 15 heavy (non-hydrogen) atoms. The molecule has 1 aromatic rings. The Bertz CT molecular complexity index is 378. The fraction of sp³-hybridized carbons (Fsp3) is 0.500. The van der Waals surface area contributed by atoms with Crippen molar-refractivity contribution in [2.24, 2.45) is 0 Å². The fourth-order valence-electron chi connectivity index (χ4n) is 2.69. The summed E-state index contributed by atoms with van der Waals surface area (Å²) in [6.45, 7) is 4.65. The summed E-state index contributed by atoms with van der Waals surface area (Å²) in [6, 6.07) is 7.31. The van der Waals surface area contributed by atoms with Gasteiger partial charge in [-0.25, -0.2) is 0 Å². The van der Waals surface area contributed by atoms with Crippen LogP contribution in [-0.4, -0.2) is 31.1 Å². The summed E-state index contributed by atoms with van der Waals surface area (Å²) in [5.41, 5.74) is 3.05. The average Bonchev–Trinajstić information content (AvgIpc) is 2.29. The first kappa shape index (κ1) is 9.82. The van der Waals surface area contributed by atoms with Gasteiger partial charge in [-0.3, -0.25) is 4.90 Å². The van der Waals surface area contributed by atoms with Crippen molar-refractivity contribution >= 4 is 15.9 Å². The molecule has 0 amide bonds. The minimum Gasteiger partial charge on any atom is -0.314 e. The summed E-state index contributed by atoms with van der Waals surface area (Å²) in [6.07, 6.45) is 1.21. The zero-order chi connectivity index (χ0) is 10.3. The lowest BCUT2D eigenvalue weighted by Gasteiger charge is -2.40. The highest BCUT2D eigenvalue weighted by molar-refractivity contribution is 9.10. The Morgan fingerprint density at radius 1 is 1.33 bits per heavy atom. The second kappa shape index (κ2) is 3.89. The summed E-state index contributed by atoms with van der Waals surface area (Å²) in [7, 11) is 0. The van der Waals surface area contributed by atoms with Gasteiger partial charge in [-0.15, -0.1) is 0 Å². The predicted molar refractivity (Wildman–Crippen MR) is 65.0 cm³/mol. The quantitative estimate of drug-likeness (QED) is 0.773. The maximum Gasteiger partial charge on any atom is 0.0476 e. The second-order valence-corrected chi connectivity index (χ2v) is 5.26. The van der Waals surface area contributed by atoms with E-state index in [4.69, 9.17) is 0 Å². The Labute approximate surface area is 98.8 Å². The molecule has 2 aliphatic heterocycles. The van der Waals surface area contributed by atoms with E-state index in [1.807, 2.05) is 0 Å². The van der Waals surface area contributed by atoms with E-state index in [0.29, 0.717) is 6.04 Å². The van der Waals surface area contributed by atoms with Gasteiger partial charge in [-0.2, -0.15) is 0 Å². The molecule has 1 aromatic carbocycles. The summed E-state index contributed by atoms with van der Waals surface area (Å²) in [5.74, 6) is 0. The lowest BCUT2D eigenvalue weighted by atomic mass is 9.91. The van der Waals surface area contributed by atoms with Gasteiger partial charge in [0.1, 0.15) is 0 Å². The molecule has 1 saturated heterocycles. The summed E-state index contributed by atoms with van der Waals surface area (Å²) < 4.78 is 1.20. The zero-order valence-corrected chi connectivity index (χ0v) is 10.3. The molecule has 1 fully saturated rings. The predicted octanol–water partition coefficient (Wildman–Crippen LogP) is 1.95. The highest BCUT2D eigenvalue weighted by Gasteiger charge is 2.28. The van der Waals surface area contributed by atoms with Crippen LogP contribution in [0.5, 0.6) is 0 Å². The van der Waals surface area contributed by atoms with Crippen molar-refractivity contribution < 1.29 is 0 Å². The van der Waals surface area contributed by atoms with Gasteiger partial charge in [-0.1, -0.05) is 22.0 Å². The van der Waals surface area contributed by atoms with E-state index in [1.54, 1.807) is 0 Å². The first-order chi connectivity index (χ1) is 7.34. The molecule has 0 spiro atoms. The molecule has 3 rings (SSSR count). The Balaban J connectivity index is 2.01. The third-order valence-electron chi connectivity index (χ3n) is 3.49. The second-order valence-electron chi connectivity index (χ2n) is 4.35. The molecular weight excluding hydrogens is 252 g/mol. The largest absolute Gasteiger partial charge is 0.314 e. The number of halogens is 1. The molecule has 2 aliphatic rings. The van der Waals surface area contributed by atoms with Crippen LogP contribution in [0.4, 0.5) is 0 Å². The molecule has 0 radical (unpaired) electrons. The van der Waals surface area contributed by atoms with Crippen molar-refractivity contribution in [3.8, 4) is 0 Å². The third-order valence-corrected chi connectivity index (χ3v) is 3.98. The monoisotopic (exact) mass is 266 g/mol. The van der Waals surface area contributed by atoms with E-state index in [2.05, 4.69) is 44.3 Å². The van der Waals surface area contributed by atoms with Crippen LogP contribution in [0.2, 0.25) is 0 Å². The molecule has 2 nitrogen and oxygen atoms in total. The minimum atomic E-state index is 0.597. The number of hydrogen-bond donors (Lipinski definition) is 1. The Morgan fingerprint density at radius 3 is 3.20 bits per heavy atom. The molecule has 1 atom stereocenters.